The van der Waals surface area contributed by atoms with Crippen molar-refractivity contribution >= 4 is 11.0 Å². The lowest BCUT2D eigenvalue weighted by molar-refractivity contribution is 0.641. The highest BCUT2D eigenvalue weighted by molar-refractivity contribution is 5.78. The third-order valence-electron chi connectivity index (χ3n) is 2.58. The van der Waals surface area contributed by atoms with E-state index < -0.39 is 0 Å². The Bertz CT molecular complexity index is 524. The van der Waals surface area contributed by atoms with E-state index in [0.29, 0.717) is 6.54 Å². The van der Waals surface area contributed by atoms with Crippen LogP contribution in [0.4, 0.5) is 0 Å². The van der Waals surface area contributed by atoms with Crippen LogP contribution >= 0.6 is 0 Å². The molecule has 15 heavy (non-hydrogen) atoms. The van der Waals surface area contributed by atoms with Gasteiger partial charge in [0.1, 0.15) is 0 Å². The molecule has 4 nitrogen and oxygen atoms in total. The van der Waals surface area contributed by atoms with E-state index in [9.17, 15) is 4.79 Å². The Hall–Kier alpha value is -1.55. The maximum Gasteiger partial charge on any atom is 0.326 e. The van der Waals surface area contributed by atoms with Crippen molar-refractivity contribution in [3.05, 3.63) is 34.2 Å². The third kappa shape index (κ3) is 1.68. The highest BCUT2D eigenvalue weighted by Crippen LogP contribution is 2.14. The first kappa shape index (κ1) is 9.98. The van der Waals surface area contributed by atoms with Crippen molar-refractivity contribution in [2.45, 2.75) is 13.5 Å². The van der Waals surface area contributed by atoms with Crippen LogP contribution in [0.3, 0.4) is 0 Å². The Morgan fingerprint density at radius 3 is 3.00 bits per heavy atom. The first-order chi connectivity index (χ1) is 7.24. The lowest BCUT2D eigenvalue weighted by Crippen LogP contribution is -2.23. The van der Waals surface area contributed by atoms with E-state index >= 15 is 0 Å². The number of imidazole rings is 1. The summed E-state index contributed by atoms with van der Waals surface area (Å²) in [5, 5.41) is 3.04. The zero-order valence-electron chi connectivity index (χ0n) is 9.00. The van der Waals surface area contributed by atoms with Crippen molar-refractivity contribution in [1.29, 1.82) is 0 Å². The van der Waals surface area contributed by atoms with Crippen LogP contribution < -0.4 is 11.0 Å². The normalized spacial score (nSPS) is 11.1. The monoisotopic (exact) mass is 205 g/mol. The fraction of sp³-hybridized carbons (Fsp3) is 0.364. The first-order valence-corrected chi connectivity index (χ1v) is 5.07. The largest absolute Gasteiger partial charge is 0.326 e. The maximum absolute atomic E-state index is 11.7. The molecule has 1 aromatic carbocycles. The number of aromatic amines is 1. The zero-order chi connectivity index (χ0) is 10.8. The number of nitrogens with one attached hydrogen (secondary N) is 2. The smallest absolute Gasteiger partial charge is 0.318 e. The van der Waals surface area contributed by atoms with Gasteiger partial charge < -0.3 is 10.3 Å². The number of para-hydroxylation sites is 1. The van der Waals surface area contributed by atoms with Crippen LogP contribution in [-0.2, 0) is 6.54 Å². The Morgan fingerprint density at radius 1 is 1.47 bits per heavy atom. The average molecular weight is 205 g/mol. The molecule has 2 aromatic rings. The molecular formula is C11H15N3O. The maximum atomic E-state index is 11.7. The molecule has 0 aliphatic rings. The van der Waals surface area contributed by atoms with E-state index in [2.05, 4.69) is 10.3 Å². The van der Waals surface area contributed by atoms with E-state index in [4.69, 9.17) is 0 Å². The second-order valence-electron chi connectivity index (χ2n) is 3.66. The van der Waals surface area contributed by atoms with Crippen LogP contribution in [0.1, 0.15) is 5.56 Å². The van der Waals surface area contributed by atoms with Gasteiger partial charge in [0, 0.05) is 13.1 Å². The topological polar surface area (TPSA) is 49.8 Å². The van der Waals surface area contributed by atoms with Gasteiger partial charge in [0.05, 0.1) is 11.0 Å². The lowest BCUT2D eigenvalue weighted by atomic mass is 10.2. The van der Waals surface area contributed by atoms with E-state index in [-0.39, 0.29) is 5.69 Å². The highest BCUT2D eigenvalue weighted by atomic mass is 16.1. The molecule has 0 saturated carbocycles. The molecule has 0 unspecified atom stereocenters. The number of nitrogens with zero attached hydrogens (tertiary/aromatic N) is 1. The first-order valence-electron chi connectivity index (χ1n) is 5.07. The third-order valence-corrected chi connectivity index (χ3v) is 2.58. The number of likely N-dealkylation sites (N-methyl/N-ethyl adjacent to an activating group) is 1. The van der Waals surface area contributed by atoms with Gasteiger partial charge in [-0.25, -0.2) is 4.79 Å². The van der Waals surface area contributed by atoms with Crippen LogP contribution in [0.2, 0.25) is 0 Å². The van der Waals surface area contributed by atoms with Crippen molar-refractivity contribution in [1.82, 2.24) is 14.9 Å². The molecule has 2 N–H and O–H groups in total. The van der Waals surface area contributed by atoms with Gasteiger partial charge in [0.2, 0.25) is 0 Å². The minimum absolute atomic E-state index is 0.0328. The Balaban J connectivity index is 2.61. The molecule has 0 fully saturated rings. The number of rotatable bonds is 3. The van der Waals surface area contributed by atoms with E-state index in [1.807, 2.05) is 32.2 Å². The van der Waals surface area contributed by atoms with Gasteiger partial charge in [-0.15, -0.1) is 0 Å². The standard InChI is InChI=1S/C11H15N3O/c1-8-4-3-5-9-10(8)14(7-6-12-2)11(15)13-9/h3-5,12H,6-7H2,1-2H3,(H,13,15). The molecule has 0 aliphatic carbocycles. The second-order valence-corrected chi connectivity index (χ2v) is 3.66. The fourth-order valence-electron chi connectivity index (χ4n) is 1.84. The van der Waals surface area contributed by atoms with Gasteiger partial charge in [-0.05, 0) is 25.6 Å². The number of aryl methyl sites for hydroxylation is 1. The van der Waals surface area contributed by atoms with Gasteiger partial charge in [0.15, 0.2) is 0 Å². The number of hydrogen-bond donors (Lipinski definition) is 2. The number of hydrogen-bond acceptors (Lipinski definition) is 2. The SMILES string of the molecule is CNCCn1c(=O)[nH]c2cccc(C)c21. The lowest BCUT2D eigenvalue weighted by Gasteiger charge is -2.04. The number of benzene rings is 1. The van der Waals surface area contributed by atoms with E-state index in [1.165, 1.54) is 0 Å². The van der Waals surface area contributed by atoms with Crippen LogP contribution in [0.15, 0.2) is 23.0 Å². The zero-order valence-corrected chi connectivity index (χ0v) is 9.00. The molecule has 0 atom stereocenters. The van der Waals surface area contributed by atoms with Crippen LogP contribution in [-0.4, -0.2) is 23.1 Å². The molecule has 4 heteroatoms. The molecule has 0 aliphatic heterocycles. The van der Waals surface area contributed by atoms with Crippen molar-refractivity contribution in [3.8, 4) is 0 Å². The summed E-state index contributed by atoms with van der Waals surface area (Å²) in [6, 6.07) is 5.90. The number of fused-ring (bicyclic) bond motifs is 1. The van der Waals surface area contributed by atoms with Crippen LogP contribution in [0, 0.1) is 6.92 Å². The predicted octanol–water partition coefficient (Wildman–Crippen LogP) is 0.857. The number of aromatic nitrogens is 2. The van der Waals surface area contributed by atoms with E-state index in [1.54, 1.807) is 4.57 Å². The van der Waals surface area contributed by atoms with E-state index in [0.717, 1.165) is 23.1 Å². The molecule has 2 rings (SSSR count). The van der Waals surface area contributed by atoms with Crippen LogP contribution in [0.25, 0.3) is 11.0 Å². The summed E-state index contributed by atoms with van der Waals surface area (Å²) < 4.78 is 1.78. The Morgan fingerprint density at radius 2 is 2.27 bits per heavy atom. The van der Waals surface area contributed by atoms with Crippen molar-refractivity contribution in [3.63, 3.8) is 0 Å². The highest BCUT2D eigenvalue weighted by Gasteiger charge is 2.07. The van der Waals surface area contributed by atoms with Gasteiger partial charge in [-0.1, -0.05) is 12.1 Å². The molecule has 80 valence electrons. The molecule has 0 spiro atoms. The minimum Gasteiger partial charge on any atom is -0.318 e. The minimum atomic E-state index is -0.0328. The summed E-state index contributed by atoms with van der Waals surface area (Å²) in [6.07, 6.45) is 0. The molecule has 0 saturated heterocycles. The van der Waals surface area contributed by atoms with Gasteiger partial charge in [0.25, 0.3) is 0 Å². The van der Waals surface area contributed by atoms with Crippen LogP contribution in [0.5, 0.6) is 0 Å². The Labute approximate surface area is 87.9 Å². The average Bonchev–Trinajstić information content (AvgIpc) is 2.53. The second kappa shape index (κ2) is 3.90. The van der Waals surface area contributed by atoms with Gasteiger partial charge >= 0.3 is 5.69 Å². The molecular weight excluding hydrogens is 190 g/mol. The van der Waals surface area contributed by atoms with Crippen molar-refractivity contribution in [2.24, 2.45) is 0 Å². The molecule has 1 aromatic heterocycles. The number of H-pyrrole nitrogens is 1. The summed E-state index contributed by atoms with van der Waals surface area (Å²) in [6.45, 7) is 3.51. The quantitative estimate of drug-likeness (QED) is 0.780. The Kier molecular flexibility index (Phi) is 2.60. The summed E-state index contributed by atoms with van der Waals surface area (Å²) in [5.41, 5.74) is 3.02. The van der Waals surface area contributed by atoms with Gasteiger partial charge in [-0.2, -0.15) is 0 Å². The summed E-state index contributed by atoms with van der Waals surface area (Å²) >= 11 is 0. The summed E-state index contributed by atoms with van der Waals surface area (Å²) in [5.74, 6) is 0. The van der Waals surface area contributed by atoms with Gasteiger partial charge in [-0.3, -0.25) is 4.57 Å². The predicted molar refractivity (Wildman–Crippen MR) is 61.2 cm³/mol. The molecule has 1 heterocycles. The summed E-state index contributed by atoms with van der Waals surface area (Å²) in [7, 11) is 1.88. The van der Waals surface area contributed by atoms with Crippen molar-refractivity contribution in [2.75, 3.05) is 13.6 Å². The molecule has 0 bridgehead atoms. The fourth-order valence-corrected chi connectivity index (χ4v) is 1.84. The molecule has 0 radical (unpaired) electrons. The van der Waals surface area contributed by atoms with Crippen molar-refractivity contribution < 1.29 is 0 Å². The molecule has 0 amide bonds. The summed E-state index contributed by atoms with van der Waals surface area (Å²) in [4.78, 5) is 14.5.